The third-order valence-corrected chi connectivity index (χ3v) is 3.58. The van der Waals surface area contributed by atoms with Gasteiger partial charge in [0, 0.05) is 25.0 Å². The van der Waals surface area contributed by atoms with E-state index in [1.807, 2.05) is 6.92 Å². The van der Waals surface area contributed by atoms with E-state index in [0.29, 0.717) is 6.54 Å². The number of carbonyl (C=O) groups excluding carboxylic acids is 1. The van der Waals surface area contributed by atoms with E-state index in [1.54, 1.807) is 0 Å². The number of hydrogen-bond acceptors (Lipinski definition) is 2. The fourth-order valence-corrected chi connectivity index (χ4v) is 2.46. The van der Waals surface area contributed by atoms with E-state index < -0.39 is 0 Å². The van der Waals surface area contributed by atoms with Crippen molar-refractivity contribution in [3.05, 3.63) is 23.5 Å². The Bertz CT molecular complexity index is 411. The van der Waals surface area contributed by atoms with E-state index in [4.69, 9.17) is 11.5 Å². The lowest BCUT2D eigenvalue weighted by Gasteiger charge is -2.09. The number of aryl methyl sites for hydroxylation is 1. The lowest BCUT2D eigenvalue weighted by Crippen LogP contribution is -2.24. The molecule has 17 heavy (non-hydrogen) atoms. The second kappa shape index (κ2) is 4.92. The molecular weight excluding hydrogens is 214 g/mol. The normalized spacial score (nSPS) is 21.6. The number of nitrogens with zero attached hydrogens (tertiary/aromatic N) is 1. The number of aromatic nitrogens is 1. The maximum Gasteiger partial charge on any atom is 0.222 e. The molecule has 0 aromatic carbocycles. The van der Waals surface area contributed by atoms with Gasteiger partial charge >= 0.3 is 0 Å². The molecule has 0 saturated carbocycles. The van der Waals surface area contributed by atoms with Crippen LogP contribution >= 0.6 is 0 Å². The maximum absolute atomic E-state index is 11.1. The summed E-state index contributed by atoms with van der Waals surface area (Å²) < 4.78 is 2.06. The minimum atomic E-state index is -0.252. The molecule has 0 radical (unpaired) electrons. The van der Waals surface area contributed by atoms with Crippen molar-refractivity contribution in [3.8, 4) is 0 Å². The Hall–Kier alpha value is -1.29. The summed E-state index contributed by atoms with van der Waals surface area (Å²) in [4.78, 5) is 11.1. The van der Waals surface area contributed by atoms with Gasteiger partial charge in [0.1, 0.15) is 0 Å². The molecule has 1 heterocycles. The van der Waals surface area contributed by atoms with Crippen molar-refractivity contribution >= 4 is 5.91 Å². The molecule has 2 unspecified atom stereocenters. The van der Waals surface area contributed by atoms with Gasteiger partial charge in [0.2, 0.25) is 5.91 Å². The van der Waals surface area contributed by atoms with Crippen molar-refractivity contribution in [2.45, 2.75) is 45.2 Å². The van der Waals surface area contributed by atoms with Crippen LogP contribution in [0.1, 0.15) is 43.4 Å². The van der Waals surface area contributed by atoms with Crippen LogP contribution in [0.25, 0.3) is 0 Å². The zero-order chi connectivity index (χ0) is 12.4. The molecule has 1 aromatic rings. The first-order valence-electron chi connectivity index (χ1n) is 6.31. The van der Waals surface area contributed by atoms with Gasteiger partial charge < -0.3 is 16.0 Å². The molecule has 94 valence electrons. The molecule has 0 fully saturated rings. The van der Waals surface area contributed by atoms with Crippen LogP contribution in [0.5, 0.6) is 0 Å². The van der Waals surface area contributed by atoms with Gasteiger partial charge in [0.05, 0.1) is 5.92 Å². The average Bonchev–Trinajstić information content (AvgIpc) is 2.59. The Balaban J connectivity index is 2.16. The Morgan fingerprint density at radius 2 is 2.29 bits per heavy atom. The smallest absolute Gasteiger partial charge is 0.222 e. The van der Waals surface area contributed by atoms with Gasteiger partial charge in [0.25, 0.3) is 0 Å². The largest absolute Gasteiger partial charge is 0.369 e. The van der Waals surface area contributed by atoms with Crippen molar-refractivity contribution in [2.75, 3.05) is 0 Å². The summed E-state index contributed by atoms with van der Waals surface area (Å²) in [5, 5.41) is 0. The minimum Gasteiger partial charge on any atom is -0.369 e. The van der Waals surface area contributed by atoms with Crippen molar-refractivity contribution in [2.24, 2.45) is 17.4 Å². The Morgan fingerprint density at radius 1 is 1.53 bits per heavy atom. The van der Waals surface area contributed by atoms with Gasteiger partial charge in [-0.3, -0.25) is 4.79 Å². The Morgan fingerprint density at radius 3 is 3.00 bits per heavy atom. The first-order chi connectivity index (χ1) is 8.08. The van der Waals surface area contributed by atoms with E-state index in [9.17, 15) is 4.79 Å². The molecule has 4 nitrogen and oxygen atoms in total. The van der Waals surface area contributed by atoms with E-state index in [0.717, 1.165) is 12.8 Å². The number of nitrogens with two attached hydrogens (primary N) is 2. The molecule has 1 amide bonds. The van der Waals surface area contributed by atoms with Gasteiger partial charge in [-0.1, -0.05) is 13.3 Å². The summed E-state index contributed by atoms with van der Waals surface area (Å²) in [6, 6.07) is 0.151. The molecule has 2 atom stereocenters. The minimum absolute atomic E-state index is 0.137. The van der Waals surface area contributed by atoms with Crippen molar-refractivity contribution in [1.82, 2.24) is 4.57 Å². The quantitative estimate of drug-likeness (QED) is 0.776. The second-order valence-corrected chi connectivity index (χ2v) is 5.09. The lowest BCUT2D eigenvalue weighted by atomic mass is 10.1. The van der Waals surface area contributed by atoms with E-state index in [1.165, 1.54) is 24.0 Å². The van der Waals surface area contributed by atoms with Gasteiger partial charge in [-0.15, -0.1) is 0 Å². The van der Waals surface area contributed by atoms with Crippen LogP contribution in [0.15, 0.2) is 12.4 Å². The highest BCUT2D eigenvalue weighted by atomic mass is 16.1. The van der Waals surface area contributed by atoms with Crippen LogP contribution in [0.3, 0.4) is 0 Å². The highest BCUT2D eigenvalue weighted by Crippen LogP contribution is 2.27. The van der Waals surface area contributed by atoms with Gasteiger partial charge in [-0.2, -0.15) is 0 Å². The first kappa shape index (κ1) is 12.2. The molecule has 0 spiro atoms. The maximum atomic E-state index is 11.1. The predicted octanol–water partition coefficient (Wildman–Crippen LogP) is 1.34. The highest BCUT2D eigenvalue weighted by molar-refractivity contribution is 5.76. The van der Waals surface area contributed by atoms with Crippen LogP contribution in [0, 0.1) is 5.92 Å². The molecule has 1 aliphatic rings. The van der Waals surface area contributed by atoms with Crippen LogP contribution in [-0.2, 0) is 17.8 Å². The topological polar surface area (TPSA) is 74.0 Å². The first-order valence-corrected chi connectivity index (χ1v) is 6.31. The number of hydrogen-bond donors (Lipinski definition) is 2. The molecule has 4 N–H and O–H groups in total. The molecular formula is C13H21N3O. The number of amides is 1. The standard InChI is InChI=1S/C13H21N3O/c1-9(13(15)17)6-16-7-10-4-2-3-5-12(14)11(10)8-16/h7-9,12H,2-6,14H2,1H3,(H2,15,17). The van der Waals surface area contributed by atoms with E-state index in [2.05, 4.69) is 17.0 Å². The van der Waals surface area contributed by atoms with Crippen LogP contribution < -0.4 is 11.5 Å². The molecule has 0 aliphatic heterocycles. The molecule has 0 bridgehead atoms. The average molecular weight is 235 g/mol. The summed E-state index contributed by atoms with van der Waals surface area (Å²) >= 11 is 0. The van der Waals surface area contributed by atoms with Crippen LogP contribution in [0.2, 0.25) is 0 Å². The van der Waals surface area contributed by atoms with Crippen molar-refractivity contribution in [3.63, 3.8) is 0 Å². The number of primary amides is 1. The number of carbonyl (C=O) groups is 1. The number of fused-ring (bicyclic) bond motifs is 1. The molecule has 2 rings (SSSR count). The zero-order valence-electron chi connectivity index (χ0n) is 10.4. The molecule has 4 heteroatoms. The summed E-state index contributed by atoms with van der Waals surface area (Å²) in [6.07, 6.45) is 8.78. The Kier molecular flexibility index (Phi) is 3.52. The third-order valence-electron chi connectivity index (χ3n) is 3.58. The van der Waals surface area contributed by atoms with E-state index >= 15 is 0 Å². The monoisotopic (exact) mass is 235 g/mol. The number of rotatable bonds is 3. The van der Waals surface area contributed by atoms with Gasteiger partial charge in [0.15, 0.2) is 0 Å². The van der Waals surface area contributed by atoms with Crippen molar-refractivity contribution < 1.29 is 4.79 Å². The molecule has 0 saturated heterocycles. The lowest BCUT2D eigenvalue weighted by molar-refractivity contribution is -0.121. The molecule has 1 aliphatic carbocycles. The van der Waals surface area contributed by atoms with Gasteiger partial charge in [-0.05, 0) is 30.4 Å². The van der Waals surface area contributed by atoms with E-state index in [-0.39, 0.29) is 17.9 Å². The fraction of sp³-hybridized carbons (Fsp3) is 0.615. The Labute approximate surface area is 102 Å². The third kappa shape index (κ3) is 2.69. The molecule has 1 aromatic heterocycles. The highest BCUT2D eigenvalue weighted by Gasteiger charge is 2.18. The summed E-state index contributed by atoms with van der Waals surface area (Å²) in [5.74, 6) is -0.388. The summed E-state index contributed by atoms with van der Waals surface area (Å²) in [5.41, 5.74) is 14.0. The van der Waals surface area contributed by atoms with Crippen molar-refractivity contribution in [1.29, 1.82) is 0 Å². The fourth-order valence-electron chi connectivity index (χ4n) is 2.46. The van der Waals surface area contributed by atoms with Gasteiger partial charge in [-0.25, -0.2) is 0 Å². The predicted molar refractivity (Wildman–Crippen MR) is 67.3 cm³/mol. The summed E-state index contributed by atoms with van der Waals surface area (Å²) in [6.45, 7) is 2.50. The summed E-state index contributed by atoms with van der Waals surface area (Å²) in [7, 11) is 0. The second-order valence-electron chi connectivity index (χ2n) is 5.09. The van der Waals surface area contributed by atoms with Crippen LogP contribution in [-0.4, -0.2) is 10.5 Å². The zero-order valence-corrected chi connectivity index (χ0v) is 10.4. The SMILES string of the molecule is CC(Cn1cc2c(c1)C(N)CCCC2)C(N)=O. The van der Waals surface area contributed by atoms with Crippen LogP contribution in [0.4, 0.5) is 0 Å².